The van der Waals surface area contributed by atoms with Gasteiger partial charge >= 0.3 is 0 Å². The molecule has 29 heavy (non-hydrogen) atoms. The minimum atomic E-state index is -0.292. The molecule has 0 bridgehead atoms. The highest BCUT2D eigenvalue weighted by Crippen LogP contribution is 2.07. The van der Waals surface area contributed by atoms with Crippen molar-refractivity contribution in [3.8, 4) is 29.4 Å². The number of benzene rings is 3. The molecular weight excluding hydrogens is 356 g/mol. The summed E-state index contributed by atoms with van der Waals surface area (Å²) < 4.78 is 1.35. The fraction of sp³-hybridized carbons (Fsp3) is 0. The van der Waals surface area contributed by atoms with Gasteiger partial charge in [0.05, 0.1) is 17.4 Å². The van der Waals surface area contributed by atoms with E-state index in [9.17, 15) is 4.79 Å². The largest absolute Gasteiger partial charge is 0.288 e. The van der Waals surface area contributed by atoms with Crippen LogP contribution in [0.4, 0.5) is 0 Å². The van der Waals surface area contributed by atoms with Crippen LogP contribution in [0, 0.1) is 23.7 Å². The second-order valence-electron chi connectivity index (χ2n) is 6.22. The third-order valence-corrected chi connectivity index (χ3v) is 4.20. The standard InChI is InChI=1S/C26H16N2O/c29-26-25(19-17-22-12-6-2-7-13-22)23(18-16-21-10-4-1-5-11-21)20-27-28(26)24-14-8-3-9-15-24/h1-15,20H. The molecule has 0 saturated heterocycles. The molecule has 0 saturated carbocycles. The van der Waals surface area contributed by atoms with Gasteiger partial charge in [-0.3, -0.25) is 4.79 Å². The Kier molecular flexibility index (Phi) is 5.33. The molecule has 1 aromatic heterocycles. The van der Waals surface area contributed by atoms with Crippen molar-refractivity contribution in [2.75, 3.05) is 0 Å². The number of para-hydroxylation sites is 1. The zero-order valence-corrected chi connectivity index (χ0v) is 15.5. The molecule has 0 aliphatic carbocycles. The molecule has 0 amide bonds. The zero-order chi connectivity index (χ0) is 19.9. The summed E-state index contributed by atoms with van der Waals surface area (Å²) in [6.45, 7) is 0. The minimum absolute atomic E-state index is 0.292. The van der Waals surface area contributed by atoms with E-state index in [1.165, 1.54) is 4.68 Å². The fourth-order valence-corrected chi connectivity index (χ4v) is 2.74. The smallest absolute Gasteiger partial charge is 0.266 e. The Bertz CT molecular complexity index is 1300. The van der Waals surface area contributed by atoms with Gasteiger partial charge in [-0.25, -0.2) is 0 Å². The van der Waals surface area contributed by atoms with Crippen molar-refractivity contribution in [1.29, 1.82) is 0 Å². The summed E-state index contributed by atoms with van der Waals surface area (Å²) in [6.07, 6.45) is 1.60. The molecule has 0 aliphatic heterocycles. The first kappa shape index (κ1) is 18.0. The third-order valence-electron chi connectivity index (χ3n) is 4.20. The van der Waals surface area contributed by atoms with Crippen LogP contribution in [-0.2, 0) is 0 Å². The number of rotatable bonds is 1. The first-order chi connectivity index (χ1) is 14.3. The van der Waals surface area contributed by atoms with E-state index >= 15 is 0 Å². The van der Waals surface area contributed by atoms with Crippen LogP contribution >= 0.6 is 0 Å². The van der Waals surface area contributed by atoms with Crippen molar-refractivity contribution in [3.05, 3.63) is 130 Å². The molecule has 3 heteroatoms. The van der Waals surface area contributed by atoms with Gasteiger partial charge in [-0.2, -0.15) is 9.78 Å². The molecule has 0 radical (unpaired) electrons. The zero-order valence-electron chi connectivity index (χ0n) is 15.5. The van der Waals surface area contributed by atoms with E-state index in [4.69, 9.17) is 0 Å². The summed E-state index contributed by atoms with van der Waals surface area (Å²) in [6, 6.07) is 28.5. The highest BCUT2D eigenvalue weighted by atomic mass is 16.1. The van der Waals surface area contributed by atoms with Crippen LogP contribution in [0.25, 0.3) is 5.69 Å². The van der Waals surface area contributed by atoms with Crippen LogP contribution in [0.3, 0.4) is 0 Å². The highest BCUT2D eigenvalue weighted by molar-refractivity contribution is 5.53. The molecule has 0 spiro atoms. The highest BCUT2D eigenvalue weighted by Gasteiger charge is 2.09. The molecule has 4 rings (SSSR count). The van der Waals surface area contributed by atoms with Gasteiger partial charge in [0.2, 0.25) is 0 Å². The van der Waals surface area contributed by atoms with Gasteiger partial charge in [0.15, 0.2) is 0 Å². The quantitative estimate of drug-likeness (QED) is 0.473. The summed E-state index contributed by atoms with van der Waals surface area (Å²) in [5.41, 5.74) is 2.92. The van der Waals surface area contributed by atoms with Gasteiger partial charge in [-0.05, 0) is 36.4 Å². The molecule has 1 heterocycles. The number of nitrogens with zero attached hydrogens (tertiary/aromatic N) is 2. The third kappa shape index (κ3) is 4.33. The van der Waals surface area contributed by atoms with Gasteiger partial charge < -0.3 is 0 Å². The SMILES string of the molecule is O=c1c(C#Cc2ccccc2)c(C#Cc2ccccc2)cnn1-c1ccccc1. The van der Waals surface area contributed by atoms with Crippen molar-refractivity contribution in [3.63, 3.8) is 0 Å². The molecule has 0 fully saturated rings. The van der Waals surface area contributed by atoms with Crippen LogP contribution in [-0.4, -0.2) is 9.78 Å². The maximum atomic E-state index is 13.2. The molecule has 0 N–H and O–H groups in total. The Hall–Kier alpha value is -4.34. The topological polar surface area (TPSA) is 34.9 Å². The van der Waals surface area contributed by atoms with E-state index in [1.807, 2.05) is 91.0 Å². The molecule has 3 nitrogen and oxygen atoms in total. The summed E-state index contributed by atoms with van der Waals surface area (Å²) in [7, 11) is 0. The summed E-state index contributed by atoms with van der Waals surface area (Å²) in [4.78, 5) is 13.2. The van der Waals surface area contributed by atoms with Crippen LogP contribution in [0.2, 0.25) is 0 Å². The van der Waals surface area contributed by atoms with Gasteiger partial charge in [0.25, 0.3) is 5.56 Å². The number of hydrogen-bond acceptors (Lipinski definition) is 2. The number of hydrogen-bond donors (Lipinski definition) is 0. The lowest BCUT2D eigenvalue weighted by atomic mass is 10.1. The van der Waals surface area contributed by atoms with Crippen molar-refractivity contribution >= 4 is 0 Å². The second kappa shape index (κ2) is 8.57. The van der Waals surface area contributed by atoms with E-state index in [0.717, 1.165) is 11.1 Å². The first-order valence-electron chi connectivity index (χ1n) is 9.13. The maximum absolute atomic E-state index is 13.2. The normalized spacial score (nSPS) is 9.66. The summed E-state index contributed by atoms with van der Waals surface area (Å²) >= 11 is 0. The Morgan fingerprint density at radius 1 is 0.621 bits per heavy atom. The van der Waals surface area contributed by atoms with E-state index < -0.39 is 0 Å². The molecule has 0 aliphatic rings. The van der Waals surface area contributed by atoms with Crippen molar-refractivity contribution < 1.29 is 0 Å². The van der Waals surface area contributed by atoms with Crippen molar-refractivity contribution in [2.45, 2.75) is 0 Å². The second-order valence-corrected chi connectivity index (χ2v) is 6.22. The maximum Gasteiger partial charge on any atom is 0.288 e. The lowest BCUT2D eigenvalue weighted by molar-refractivity contribution is 0.801. The number of aromatic nitrogens is 2. The van der Waals surface area contributed by atoms with Crippen molar-refractivity contribution in [1.82, 2.24) is 9.78 Å². The van der Waals surface area contributed by atoms with Crippen molar-refractivity contribution in [2.24, 2.45) is 0 Å². The van der Waals surface area contributed by atoms with Gasteiger partial charge in [-0.1, -0.05) is 78.3 Å². The average molecular weight is 372 g/mol. The molecule has 3 aromatic carbocycles. The van der Waals surface area contributed by atoms with Crippen LogP contribution < -0.4 is 5.56 Å². The summed E-state index contributed by atoms with van der Waals surface area (Å²) in [5.74, 6) is 12.2. The molecule has 0 unspecified atom stereocenters. The predicted octanol–water partition coefficient (Wildman–Crippen LogP) is 4.03. The van der Waals surface area contributed by atoms with E-state index in [-0.39, 0.29) is 5.56 Å². The Morgan fingerprint density at radius 2 is 1.14 bits per heavy atom. The monoisotopic (exact) mass is 372 g/mol. The van der Waals surface area contributed by atoms with E-state index in [0.29, 0.717) is 16.8 Å². The minimum Gasteiger partial charge on any atom is -0.266 e. The van der Waals surface area contributed by atoms with E-state index in [2.05, 4.69) is 28.8 Å². The Labute approximate surface area is 169 Å². The van der Waals surface area contributed by atoms with Crippen LogP contribution in [0.1, 0.15) is 22.3 Å². The average Bonchev–Trinajstić information content (AvgIpc) is 2.79. The van der Waals surface area contributed by atoms with Gasteiger partial charge in [-0.15, -0.1) is 0 Å². The lowest BCUT2D eigenvalue weighted by Gasteiger charge is -2.05. The Morgan fingerprint density at radius 3 is 1.72 bits per heavy atom. The fourth-order valence-electron chi connectivity index (χ4n) is 2.74. The molecule has 0 atom stereocenters. The van der Waals surface area contributed by atoms with Gasteiger partial charge in [0.1, 0.15) is 5.56 Å². The van der Waals surface area contributed by atoms with E-state index in [1.54, 1.807) is 6.20 Å². The Balaban J connectivity index is 1.85. The lowest BCUT2D eigenvalue weighted by Crippen LogP contribution is -2.24. The van der Waals surface area contributed by atoms with Crippen LogP contribution in [0.5, 0.6) is 0 Å². The predicted molar refractivity (Wildman–Crippen MR) is 115 cm³/mol. The first-order valence-corrected chi connectivity index (χ1v) is 9.13. The van der Waals surface area contributed by atoms with Crippen LogP contribution in [0.15, 0.2) is 102 Å². The summed E-state index contributed by atoms with van der Waals surface area (Å²) in [5, 5.41) is 4.31. The molecule has 136 valence electrons. The van der Waals surface area contributed by atoms with Gasteiger partial charge in [0, 0.05) is 11.1 Å². The molecular formula is C26H16N2O. The molecule has 4 aromatic rings.